The molecule has 0 amide bonds. The molecular weight excluding hydrogens is 264 g/mol. The molecule has 0 fully saturated rings. The summed E-state index contributed by atoms with van der Waals surface area (Å²) in [4.78, 5) is 6.38. The van der Waals surface area contributed by atoms with Crippen LogP contribution in [0.3, 0.4) is 0 Å². The van der Waals surface area contributed by atoms with Crippen LogP contribution in [0.4, 0.5) is 5.95 Å². The van der Waals surface area contributed by atoms with Crippen LogP contribution in [0, 0.1) is 0 Å². The van der Waals surface area contributed by atoms with E-state index in [0.717, 1.165) is 17.2 Å². The van der Waals surface area contributed by atoms with Gasteiger partial charge in [0.2, 0.25) is 5.95 Å². The van der Waals surface area contributed by atoms with Crippen LogP contribution in [-0.4, -0.2) is 35.4 Å². The molecule has 0 aliphatic carbocycles. The quantitative estimate of drug-likeness (QED) is 0.845. The molecule has 1 unspecified atom stereocenters. The van der Waals surface area contributed by atoms with Crippen LogP contribution in [0.2, 0.25) is 0 Å². The van der Waals surface area contributed by atoms with Gasteiger partial charge in [-0.1, -0.05) is 30.3 Å². The Bertz CT molecular complexity index is 579. The molecule has 114 valence electrons. The van der Waals surface area contributed by atoms with Crippen LogP contribution in [0.5, 0.6) is 0 Å². The summed E-state index contributed by atoms with van der Waals surface area (Å²) in [7, 11) is 5.95. The SMILES string of the molecule is CN(C)c1ncc(CNC(C)(CO)c2ccccc2)n1C. The zero-order valence-corrected chi connectivity index (χ0v) is 13.2. The zero-order valence-electron chi connectivity index (χ0n) is 13.2. The number of aromatic nitrogens is 2. The fourth-order valence-corrected chi connectivity index (χ4v) is 2.35. The van der Waals surface area contributed by atoms with Crippen molar-refractivity contribution in [2.75, 3.05) is 25.6 Å². The summed E-state index contributed by atoms with van der Waals surface area (Å²) in [5.41, 5.74) is 1.68. The molecule has 0 saturated carbocycles. The van der Waals surface area contributed by atoms with Gasteiger partial charge in [-0.05, 0) is 12.5 Å². The van der Waals surface area contributed by atoms with Gasteiger partial charge in [0.15, 0.2) is 0 Å². The van der Waals surface area contributed by atoms with Crippen LogP contribution >= 0.6 is 0 Å². The molecule has 0 aliphatic heterocycles. The minimum atomic E-state index is -0.468. The molecule has 0 aliphatic rings. The summed E-state index contributed by atoms with van der Waals surface area (Å²) in [6.45, 7) is 2.68. The summed E-state index contributed by atoms with van der Waals surface area (Å²) in [5.74, 6) is 0.914. The number of rotatable bonds is 6. The number of aliphatic hydroxyl groups is 1. The second-order valence-corrected chi connectivity index (χ2v) is 5.71. The van der Waals surface area contributed by atoms with Gasteiger partial charge in [0, 0.05) is 27.7 Å². The van der Waals surface area contributed by atoms with E-state index < -0.39 is 5.54 Å². The molecule has 5 heteroatoms. The summed E-state index contributed by atoms with van der Waals surface area (Å²) in [6.07, 6.45) is 1.87. The number of anilines is 1. The Morgan fingerprint density at radius 1 is 1.29 bits per heavy atom. The average Bonchev–Trinajstić information content (AvgIpc) is 2.87. The molecule has 1 aromatic carbocycles. The first-order valence-corrected chi connectivity index (χ1v) is 7.07. The normalized spacial score (nSPS) is 14.0. The Morgan fingerprint density at radius 3 is 2.48 bits per heavy atom. The second-order valence-electron chi connectivity index (χ2n) is 5.71. The van der Waals surface area contributed by atoms with Gasteiger partial charge >= 0.3 is 0 Å². The smallest absolute Gasteiger partial charge is 0.204 e. The zero-order chi connectivity index (χ0) is 15.5. The number of nitrogens with one attached hydrogen (secondary N) is 1. The lowest BCUT2D eigenvalue weighted by atomic mass is 9.93. The number of hydrogen-bond acceptors (Lipinski definition) is 4. The number of hydrogen-bond donors (Lipinski definition) is 2. The molecule has 1 atom stereocenters. The van der Waals surface area contributed by atoms with E-state index in [-0.39, 0.29) is 6.61 Å². The largest absolute Gasteiger partial charge is 0.394 e. The molecular formula is C16H24N4O. The lowest BCUT2D eigenvalue weighted by Gasteiger charge is -2.29. The lowest BCUT2D eigenvalue weighted by Crippen LogP contribution is -2.42. The van der Waals surface area contributed by atoms with Crippen molar-refractivity contribution in [2.45, 2.75) is 19.0 Å². The highest BCUT2D eigenvalue weighted by Gasteiger charge is 2.25. The van der Waals surface area contributed by atoms with Gasteiger partial charge in [0.1, 0.15) is 0 Å². The van der Waals surface area contributed by atoms with Gasteiger partial charge in [0.25, 0.3) is 0 Å². The molecule has 2 aromatic rings. The van der Waals surface area contributed by atoms with Gasteiger partial charge < -0.3 is 19.9 Å². The maximum absolute atomic E-state index is 9.79. The van der Waals surface area contributed by atoms with E-state index in [1.807, 2.05) is 69.5 Å². The first-order chi connectivity index (χ1) is 9.98. The molecule has 2 N–H and O–H groups in total. The van der Waals surface area contributed by atoms with Crippen LogP contribution in [0.25, 0.3) is 0 Å². The number of aliphatic hydroxyl groups excluding tert-OH is 1. The van der Waals surface area contributed by atoms with Crippen molar-refractivity contribution in [3.63, 3.8) is 0 Å². The van der Waals surface area contributed by atoms with E-state index in [1.165, 1.54) is 0 Å². The third-order valence-electron chi connectivity index (χ3n) is 3.85. The standard InChI is InChI=1S/C16H24N4O/c1-16(12-21,13-8-6-5-7-9-13)18-11-14-10-17-15(19(2)3)20(14)4/h5-10,18,21H,11-12H2,1-4H3. The van der Waals surface area contributed by atoms with Gasteiger partial charge in [-0.2, -0.15) is 0 Å². The summed E-state index contributed by atoms with van der Waals surface area (Å²) >= 11 is 0. The highest BCUT2D eigenvalue weighted by molar-refractivity contribution is 5.31. The fourth-order valence-electron chi connectivity index (χ4n) is 2.35. The molecule has 0 radical (unpaired) electrons. The minimum Gasteiger partial charge on any atom is -0.394 e. The maximum atomic E-state index is 9.79. The molecule has 0 spiro atoms. The maximum Gasteiger partial charge on any atom is 0.204 e. The highest BCUT2D eigenvalue weighted by Crippen LogP contribution is 2.21. The second kappa shape index (κ2) is 6.28. The monoisotopic (exact) mass is 288 g/mol. The van der Waals surface area contributed by atoms with E-state index in [1.54, 1.807) is 0 Å². The minimum absolute atomic E-state index is 0.0371. The molecule has 5 nitrogen and oxygen atoms in total. The van der Waals surface area contributed by atoms with Crippen LogP contribution in [-0.2, 0) is 19.1 Å². The summed E-state index contributed by atoms with van der Waals surface area (Å²) in [6, 6.07) is 10.00. The van der Waals surface area contributed by atoms with Crippen molar-refractivity contribution in [1.29, 1.82) is 0 Å². The topological polar surface area (TPSA) is 53.3 Å². The number of benzene rings is 1. The van der Waals surface area contributed by atoms with E-state index in [4.69, 9.17) is 0 Å². The van der Waals surface area contributed by atoms with E-state index in [9.17, 15) is 5.11 Å². The van der Waals surface area contributed by atoms with Crippen molar-refractivity contribution in [3.05, 3.63) is 47.8 Å². The fraction of sp³-hybridized carbons (Fsp3) is 0.438. The van der Waals surface area contributed by atoms with Crippen LogP contribution in [0.1, 0.15) is 18.2 Å². The molecule has 0 bridgehead atoms. The van der Waals surface area contributed by atoms with Gasteiger partial charge in [-0.15, -0.1) is 0 Å². The Balaban J connectivity index is 2.14. The van der Waals surface area contributed by atoms with Gasteiger partial charge in [0.05, 0.1) is 24.0 Å². The third-order valence-corrected chi connectivity index (χ3v) is 3.85. The van der Waals surface area contributed by atoms with Crippen LogP contribution in [0.15, 0.2) is 36.5 Å². The molecule has 1 heterocycles. The third kappa shape index (κ3) is 3.25. The first kappa shape index (κ1) is 15.5. The summed E-state index contributed by atoms with van der Waals surface area (Å²) in [5, 5.41) is 13.2. The van der Waals surface area contributed by atoms with E-state index in [2.05, 4.69) is 14.9 Å². The molecule has 0 saturated heterocycles. The van der Waals surface area contributed by atoms with Crippen molar-refractivity contribution >= 4 is 5.95 Å². The number of nitrogens with zero attached hydrogens (tertiary/aromatic N) is 3. The molecule has 2 rings (SSSR count). The predicted molar refractivity (Wildman–Crippen MR) is 85.3 cm³/mol. The predicted octanol–water partition coefficient (Wildman–Crippen LogP) is 1.48. The van der Waals surface area contributed by atoms with Gasteiger partial charge in [-0.25, -0.2) is 4.98 Å². The van der Waals surface area contributed by atoms with E-state index >= 15 is 0 Å². The lowest BCUT2D eigenvalue weighted by molar-refractivity contribution is 0.173. The molecule has 1 aromatic heterocycles. The highest BCUT2D eigenvalue weighted by atomic mass is 16.3. The molecule has 21 heavy (non-hydrogen) atoms. The first-order valence-electron chi connectivity index (χ1n) is 7.07. The van der Waals surface area contributed by atoms with Crippen molar-refractivity contribution in [1.82, 2.24) is 14.9 Å². The Morgan fingerprint density at radius 2 is 1.95 bits per heavy atom. The van der Waals surface area contributed by atoms with Crippen molar-refractivity contribution in [2.24, 2.45) is 7.05 Å². The Hall–Kier alpha value is -1.85. The summed E-state index contributed by atoms with van der Waals surface area (Å²) < 4.78 is 2.05. The Labute approximate surface area is 126 Å². The van der Waals surface area contributed by atoms with Crippen molar-refractivity contribution < 1.29 is 5.11 Å². The average molecular weight is 288 g/mol. The van der Waals surface area contributed by atoms with Gasteiger partial charge in [-0.3, -0.25) is 0 Å². The van der Waals surface area contributed by atoms with Crippen molar-refractivity contribution in [3.8, 4) is 0 Å². The Kier molecular flexibility index (Phi) is 4.65. The van der Waals surface area contributed by atoms with E-state index in [0.29, 0.717) is 6.54 Å². The van der Waals surface area contributed by atoms with Crippen LogP contribution < -0.4 is 10.2 Å². The number of imidazole rings is 1.